The van der Waals surface area contributed by atoms with E-state index in [2.05, 4.69) is 16.9 Å². The van der Waals surface area contributed by atoms with Gasteiger partial charge in [0.1, 0.15) is 5.69 Å². The maximum Gasteiger partial charge on any atom is 0.268 e. The Kier molecular flexibility index (Phi) is 2.97. The van der Waals surface area contributed by atoms with E-state index in [4.69, 9.17) is 17.3 Å². The number of amides is 1. The predicted molar refractivity (Wildman–Crippen MR) is 52.5 cm³/mol. The van der Waals surface area contributed by atoms with Crippen LogP contribution < -0.4 is 11.1 Å². The molecule has 0 aliphatic carbocycles. The molecule has 1 aromatic rings. The second kappa shape index (κ2) is 4.00. The van der Waals surface area contributed by atoms with E-state index in [-0.39, 0.29) is 12.5 Å². The lowest BCUT2D eigenvalue weighted by Crippen LogP contribution is -2.24. The Morgan fingerprint density at radius 3 is 2.92 bits per heavy atom. The number of hydrogen-bond acceptors (Lipinski definition) is 2. The molecule has 4 nitrogen and oxygen atoms in total. The van der Waals surface area contributed by atoms with Gasteiger partial charge in [0.2, 0.25) is 0 Å². The van der Waals surface area contributed by atoms with E-state index < -0.39 is 0 Å². The van der Waals surface area contributed by atoms with Crippen molar-refractivity contribution >= 4 is 23.2 Å². The third-order valence-electron chi connectivity index (χ3n) is 1.39. The van der Waals surface area contributed by atoms with Gasteiger partial charge in [-0.2, -0.15) is 0 Å². The number of rotatable bonds is 3. The van der Waals surface area contributed by atoms with Crippen molar-refractivity contribution in [2.24, 2.45) is 0 Å². The largest absolute Gasteiger partial charge is 0.397 e. The molecule has 1 amide bonds. The third-order valence-corrected chi connectivity index (χ3v) is 1.52. The lowest BCUT2D eigenvalue weighted by Gasteiger charge is -2.00. The van der Waals surface area contributed by atoms with Gasteiger partial charge in [-0.1, -0.05) is 18.2 Å². The molecule has 0 aromatic carbocycles. The first kappa shape index (κ1) is 9.67. The van der Waals surface area contributed by atoms with Crippen LogP contribution in [0.3, 0.4) is 0 Å². The van der Waals surface area contributed by atoms with Gasteiger partial charge >= 0.3 is 0 Å². The molecule has 0 spiro atoms. The maximum atomic E-state index is 11.3. The van der Waals surface area contributed by atoms with Crippen LogP contribution in [-0.2, 0) is 0 Å². The van der Waals surface area contributed by atoms with Crippen molar-refractivity contribution in [1.29, 1.82) is 0 Å². The van der Waals surface area contributed by atoms with Crippen LogP contribution in [0.25, 0.3) is 0 Å². The van der Waals surface area contributed by atoms with Gasteiger partial charge in [-0.25, -0.2) is 0 Å². The van der Waals surface area contributed by atoms with Gasteiger partial charge < -0.3 is 16.0 Å². The zero-order valence-electron chi connectivity index (χ0n) is 6.93. The average molecular weight is 200 g/mol. The molecule has 5 heteroatoms. The van der Waals surface area contributed by atoms with Gasteiger partial charge in [-0.3, -0.25) is 4.79 Å². The van der Waals surface area contributed by atoms with Crippen LogP contribution in [-0.4, -0.2) is 17.4 Å². The molecule has 0 saturated carbocycles. The van der Waals surface area contributed by atoms with E-state index in [9.17, 15) is 4.79 Å². The molecule has 1 rings (SSSR count). The van der Waals surface area contributed by atoms with Crippen LogP contribution in [0, 0.1) is 0 Å². The summed E-state index contributed by atoms with van der Waals surface area (Å²) in [7, 11) is 0. The molecule has 4 N–H and O–H groups in total. The molecule has 1 heterocycles. The second-order valence-electron chi connectivity index (χ2n) is 2.55. The fraction of sp³-hybridized carbons (Fsp3) is 0.125. The first-order valence-electron chi connectivity index (χ1n) is 3.65. The first-order valence-corrected chi connectivity index (χ1v) is 4.03. The van der Waals surface area contributed by atoms with E-state index in [1.807, 2.05) is 0 Å². The number of halogens is 1. The highest BCUT2D eigenvalue weighted by atomic mass is 35.5. The van der Waals surface area contributed by atoms with Gasteiger partial charge in [0.25, 0.3) is 5.91 Å². The predicted octanol–water partition coefficient (Wildman–Crippen LogP) is 1.08. The van der Waals surface area contributed by atoms with E-state index >= 15 is 0 Å². The minimum Gasteiger partial charge on any atom is -0.397 e. The summed E-state index contributed by atoms with van der Waals surface area (Å²) in [5.74, 6) is -0.251. The second-order valence-corrected chi connectivity index (χ2v) is 3.08. The molecule has 1 aromatic heterocycles. The Morgan fingerprint density at radius 1 is 1.77 bits per heavy atom. The number of carbonyl (C=O) groups excluding carboxylic acids is 1. The zero-order valence-corrected chi connectivity index (χ0v) is 7.69. The van der Waals surface area contributed by atoms with Crippen LogP contribution in [0.4, 0.5) is 5.69 Å². The van der Waals surface area contributed by atoms with Gasteiger partial charge in [0.05, 0.1) is 6.54 Å². The van der Waals surface area contributed by atoms with Crippen LogP contribution in [0.2, 0.25) is 0 Å². The SMILES string of the molecule is C=C(Cl)CNC(=O)c1cc(N)c[nH]1. The molecule has 0 radical (unpaired) electrons. The number of carbonyl (C=O) groups is 1. The van der Waals surface area contributed by atoms with Gasteiger partial charge in [-0.05, 0) is 6.07 Å². The topological polar surface area (TPSA) is 70.9 Å². The molecule has 0 saturated heterocycles. The van der Waals surface area contributed by atoms with Crippen molar-refractivity contribution in [3.8, 4) is 0 Å². The maximum absolute atomic E-state index is 11.3. The summed E-state index contributed by atoms with van der Waals surface area (Å²) in [4.78, 5) is 14.0. The van der Waals surface area contributed by atoms with Crippen molar-refractivity contribution in [3.05, 3.63) is 29.6 Å². The molecule has 0 atom stereocenters. The molecular weight excluding hydrogens is 190 g/mol. The molecule has 13 heavy (non-hydrogen) atoms. The highest BCUT2D eigenvalue weighted by Gasteiger charge is 2.06. The molecular formula is C8H10ClN3O. The fourth-order valence-corrected chi connectivity index (χ4v) is 0.880. The first-order chi connectivity index (χ1) is 6.09. The highest BCUT2D eigenvalue weighted by Crippen LogP contribution is 2.04. The molecule has 0 aliphatic rings. The summed E-state index contributed by atoms with van der Waals surface area (Å²) in [6, 6.07) is 1.55. The highest BCUT2D eigenvalue weighted by molar-refractivity contribution is 6.29. The number of anilines is 1. The summed E-state index contributed by atoms with van der Waals surface area (Å²) >= 11 is 5.47. The van der Waals surface area contributed by atoms with Crippen molar-refractivity contribution in [2.75, 3.05) is 12.3 Å². The standard InChI is InChI=1S/C8H10ClN3O/c1-5(9)3-12-8(13)7-2-6(10)4-11-7/h2,4,11H,1,3,10H2,(H,12,13). The summed E-state index contributed by atoms with van der Waals surface area (Å²) < 4.78 is 0. The third kappa shape index (κ3) is 2.83. The normalized spacial score (nSPS) is 9.62. The minimum absolute atomic E-state index is 0.249. The van der Waals surface area contributed by atoms with Crippen molar-refractivity contribution in [1.82, 2.24) is 10.3 Å². The van der Waals surface area contributed by atoms with Crippen LogP contribution in [0.1, 0.15) is 10.5 Å². The van der Waals surface area contributed by atoms with Crippen molar-refractivity contribution in [3.63, 3.8) is 0 Å². The zero-order chi connectivity index (χ0) is 9.84. The molecule has 70 valence electrons. The van der Waals surface area contributed by atoms with Crippen molar-refractivity contribution < 1.29 is 4.79 Å². The Bertz CT molecular complexity index is 332. The van der Waals surface area contributed by atoms with E-state index in [1.54, 1.807) is 12.3 Å². The van der Waals surface area contributed by atoms with E-state index in [0.717, 1.165) is 0 Å². The van der Waals surface area contributed by atoms with E-state index in [0.29, 0.717) is 16.4 Å². The van der Waals surface area contributed by atoms with Crippen LogP contribution >= 0.6 is 11.6 Å². The van der Waals surface area contributed by atoms with Gasteiger partial charge in [0, 0.05) is 16.9 Å². The van der Waals surface area contributed by atoms with E-state index in [1.165, 1.54) is 0 Å². The monoisotopic (exact) mass is 199 g/mol. The fourth-order valence-electron chi connectivity index (χ4n) is 0.814. The Balaban J connectivity index is 2.54. The number of hydrogen-bond donors (Lipinski definition) is 3. The lowest BCUT2D eigenvalue weighted by atomic mass is 10.4. The van der Waals surface area contributed by atoms with Crippen molar-refractivity contribution in [2.45, 2.75) is 0 Å². The number of aromatic amines is 1. The number of aromatic nitrogens is 1. The summed E-state index contributed by atoms with van der Waals surface area (Å²) in [6.45, 7) is 3.69. The smallest absolute Gasteiger partial charge is 0.268 e. The number of nitrogens with one attached hydrogen (secondary N) is 2. The molecule has 0 unspecified atom stereocenters. The summed E-state index contributed by atoms with van der Waals surface area (Å²) in [5, 5.41) is 2.94. The quantitative estimate of drug-likeness (QED) is 0.682. The number of nitrogen functional groups attached to an aromatic ring is 1. The minimum atomic E-state index is -0.251. The Labute approximate surface area is 80.8 Å². The number of nitrogens with two attached hydrogens (primary N) is 1. The molecule has 0 fully saturated rings. The average Bonchev–Trinajstić information content (AvgIpc) is 2.47. The summed E-state index contributed by atoms with van der Waals surface area (Å²) in [5.41, 5.74) is 6.35. The Morgan fingerprint density at radius 2 is 2.46 bits per heavy atom. The Hall–Kier alpha value is -1.42. The summed E-state index contributed by atoms with van der Waals surface area (Å²) in [6.07, 6.45) is 1.55. The van der Waals surface area contributed by atoms with Gasteiger partial charge in [-0.15, -0.1) is 0 Å². The lowest BCUT2D eigenvalue weighted by molar-refractivity contribution is 0.0953. The van der Waals surface area contributed by atoms with Crippen LogP contribution in [0.15, 0.2) is 23.9 Å². The molecule has 0 aliphatic heterocycles. The van der Waals surface area contributed by atoms with Gasteiger partial charge in [0.15, 0.2) is 0 Å². The molecule has 0 bridgehead atoms. The number of H-pyrrole nitrogens is 1. The van der Waals surface area contributed by atoms with Crippen LogP contribution in [0.5, 0.6) is 0 Å².